The maximum Gasteiger partial charge on any atom is 0.305 e. The molecule has 0 radical (unpaired) electrons. The van der Waals surface area contributed by atoms with Gasteiger partial charge in [0.25, 0.3) is 5.91 Å². The van der Waals surface area contributed by atoms with E-state index in [2.05, 4.69) is 31.1 Å². The molecule has 1 heterocycles. The molecule has 0 aliphatic rings. The molecule has 0 fully saturated rings. The van der Waals surface area contributed by atoms with Gasteiger partial charge in [-0.15, -0.1) is 0 Å². The molecule has 5 nitrogen and oxygen atoms in total. The number of amides is 1. The zero-order valence-electron chi connectivity index (χ0n) is 10.9. The highest BCUT2D eigenvalue weighted by molar-refractivity contribution is 5.92. The number of nitrogens with zero attached hydrogens (tertiary/aromatic N) is 1. The molecule has 2 N–H and O–H groups in total. The molecule has 0 aromatic carbocycles. The van der Waals surface area contributed by atoms with E-state index in [4.69, 9.17) is 5.11 Å². The molecule has 0 aliphatic carbocycles. The summed E-state index contributed by atoms with van der Waals surface area (Å²) >= 11 is 0. The second-order valence-electron chi connectivity index (χ2n) is 5.08. The number of pyridine rings is 1. The summed E-state index contributed by atoms with van der Waals surface area (Å²) in [7, 11) is 0. The summed E-state index contributed by atoms with van der Waals surface area (Å²) in [6.45, 7) is 6.31. The Labute approximate surface area is 106 Å². The smallest absolute Gasteiger partial charge is 0.305 e. The summed E-state index contributed by atoms with van der Waals surface area (Å²) < 4.78 is 0. The van der Waals surface area contributed by atoms with Crippen LogP contribution in [-0.2, 0) is 10.2 Å². The molecule has 0 unspecified atom stereocenters. The van der Waals surface area contributed by atoms with Crippen LogP contribution in [0, 0.1) is 0 Å². The van der Waals surface area contributed by atoms with Crippen LogP contribution in [0.2, 0.25) is 0 Å². The van der Waals surface area contributed by atoms with E-state index in [1.54, 1.807) is 12.3 Å². The Morgan fingerprint density at radius 2 is 2.00 bits per heavy atom. The molecular weight excluding hydrogens is 232 g/mol. The van der Waals surface area contributed by atoms with Gasteiger partial charge in [-0.05, 0) is 17.0 Å². The van der Waals surface area contributed by atoms with Gasteiger partial charge < -0.3 is 10.4 Å². The molecule has 1 rings (SSSR count). The van der Waals surface area contributed by atoms with Crippen LogP contribution in [0.4, 0.5) is 0 Å². The first-order chi connectivity index (χ1) is 8.30. The van der Waals surface area contributed by atoms with Gasteiger partial charge in [-0.3, -0.25) is 14.6 Å². The van der Waals surface area contributed by atoms with Crippen molar-refractivity contribution in [3.05, 3.63) is 29.6 Å². The Balaban J connectivity index is 2.62. The maximum atomic E-state index is 11.6. The molecule has 18 heavy (non-hydrogen) atoms. The molecule has 98 valence electrons. The van der Waals surface area contributed by atoms with E-state index >= 15 is 0 Å². The fraction of sp³-hybridized carbons (Fsp3) is 0.462. The molecule has 1 aromatic rings. The predicted octanol–water partition coefficient (Wildman–Crippen LogP) is 1.58. The van der Waals surface area contributed by atoms with Crippen molar-refractivity contribution in [1.29, 1.82) is 0 Å². The van der Waals surface area contributed by atoms with E-state index < -0.39 is 5.97 Å². The van der Waals surface area contributed by atoms with Crippen molar-refractivity contribution in [3.63, 3.8) is 0 Å². The molecule has 1 amide bonds. The first-order valence-electron chi connectivity index (χ1n) is 5.77. The van der Waals surface area contributed by atoms with Gasteiger partial charge in [-0.1, -0.05) is 26.8 Å². The summed E-state index contributed by atoms with van der Waals surface area (Å²) in [5.41, 5.74) is 1.34. The number of carbonyl (C=O) groups is 2. The number of aromatic nitrogens is 1. The van der Waals surface area contributed by atoms with Crippen molar-refractivity contribution in [3.8, 4) is 0 Å². The van der Waals surface area contributed by atoms with Crippen molar-refractivity contribution in [2.75, 3.05) is 6.54 Å². The number of carbonyl (C=O) groups excluding carboxylic acids is 1. The van der Waals surface area contributed by atoms with Crippen LogP contribution in [0.15, 0.2) is 18.3 Å². The first kappa shape index (κ1) is 14.2. The van der Waals surface area contributed by atoms with Gasteiger partial charge in [0, 0.05) is 12.7 Å². The van der Waals surface area contributed by atoms with E-state index in [1.807, 2.05) is 6.07 Å². The number of rotatable bonds is 4. The summed E-state index contributed by atoms with van der Waals surface area (Å²) in [6, 6.07) is 3.51. The van der Waals surface area contributed by atoms with E-state index in [0.717, 1.165) is 5.56 Å². The molecule has 0 saturated heterocycles. The monoisotopic (exact) mass is 250 g/mol. The van der Waals surface area contributed by atoms with Gasteiger partial charge in [0.1, 0.15) is 5.69 Å². The van der Waals surface area contributed by atoms with Crippen LogP contribution in [0.1, 0.15) is 43.2 Å². The highest BCUT2D eigenvalue weighted by atomic mass is 16.4. The van der Waals surface area contributed by atoms with Crippen LogP contribution in [0.25, 0.3) is 0 Å². The van der Waals surface area contributed by atoms with Crippen molar-refractivity contribution < 1.29 is 14.7 Å². The lowest BCUT2D eigenvalue weighted by atomic mass is 9.88. The molecule has 0 bridgehead atoms. The highest BCUT2D eigenvalue weighted by Crippen LogP contribution is 2.20. The Morgan fingerprint density at radius 1 is 1.33 bits per heavy atom. The number of carboxylic acid groups (broad SMARTS) is 1. The normalized spacial score (nSPS) is 11.1. The number of hydrogen-bond acceptors (Lipinski definition) is 3. The Bertz CT molecular complexity index is 433. The number of carboxylic acids is 1. The number of nitrogens with one attached hydrogen (secondary N) is 1. The van der Waals surface area contributed by atoms with Crippen LogP contribution >= 0.6 is 0 Å². The molecule has 0 aliphatic heterocycles. The van der Waals surface area contributed by atoms with E-state index in [1.165, 1.54) is 0 Å². The topological polar surface area (TPSA) is 79.3 Å². The van der Waals surface area contributed by atoms with Crippen LogP contribution < -0.4 is 5.32 Å². The molecular formula is C13H18N2O3. The molecule has 0 atom stereocenters. The van der Waals surface area contributed by atoms with Gasteiger partial charge in [-0.25, -0.2) is 0 Å². The second kappa shape index (κ2) is 5.62. The zero-order chi connectivity index (χ0) is 13.8. The summed E-state index contributed by atoms with van der Waals surface area (Å²) in [6.07, 6.45) is 1.58. The zero-order valence-corrected chi connectivity index (χ0v) is 10.9. The van der Waals surface area contributed by atoms with Crippen LogP contribution in [-0.4, -0.2) is 28.5 Å². The fourth-order valence-electron chi connectivity index (χ4n) is 1.35. The Morgan fingerprint density at radius 3 is 2.44 bits per heavy atom. The lowest BCUT2D eigenvalue weighted by Gasteiger charge is -2.18. The average molecular weight is 250 g/mol. The van der Waals surface area contributed by atoms with E-state index in [-0.39, 0.29) is 24.3 Å². The lowest BCUT2D eigenvalue weighted by molar-refractivity contribution is -0.136. The maximum absolute atomic E-state index is 11.6. The van der Waals surface area contributed by atoms with Crippen molar-refractivity contribution in [1.82, 2.24) is 10.3 Å². The van der Waals surface area contributed by atoms with E-state index in [0.29, 0.717) is 5.69 Å². The predicted molar refractivity (Wildman–Crippen MR) is 67.5 cm³/mol. The number of hydrogen-bond donors (Lipinski definition) is 2. The summed E-state index contributed by atoms with van der Waals surface area (Å²) in [5, 5.41) is 11.0. The average Bonchev–Trinajstić information content (AvgIpc) is 2.27. The van der Waals surface area contributed by atoms with Crippen molar-refractivity contribution in [2.24, 2.45) is 0 Å². The largest absolute Gasteiger partial charge is 0.481 e. The Hall–Kier alpha value is -1.91. The number of aliphatic carboxylic acids is 1. The third-order valence-electron chi connectivity index (χ3n) is 2.49. The van der Waals surface area contributed by atoms with Gasteiger partial charge in [0.15, 0.2) is 0 Å². The first-order valence-corrected chi connectivity index (χ1v) is 5.77. The van der Waals surface area contributed by atoms with Crippen LogP contribution in [0.3, 0.4) is 0 Å². The third kappa shape index (κ3) is 4.16. The fourth-order valence-corrected chi connectivity index (χ4v) is 1.35. The quantitative estimate of drug-likeness (QED) is 0.850. The minimum Gasteiger partial charge on any atom is -0.481 e. The molecule has 5 heteroatoms. The third-order valence-corrected chi connectivity index (χ3v) is 2.49. The molecule has 0 saturated carbocycles. The molecule has 0 spiro atoms. The van der Waals surface area contributed by atoms with Crippen molar-refractivity contribution >= 4 is 11.9 Å². The summed E-state index contributed by atoms with van der Waals surface area (Å²) in [4.78, 5) is 26.0. The SMILES string of the molecule is CC(C)(C)c1ccc(C(=O)NCCC(=O)O)nc1. The van der Waals surface area contributed by atoms with Gasteiger partial charge in [0.05, 0.1) is 6.42 Å². The summed E-state index contributed by atoms with van der Waals surface area (Å²) in [5.74, 6) is -1.29. The minimum atomic E-state index is -0.939. The van der Waals surface area contributed by atoms with E-state index in [9.17, 15) is 9.59 Å². The van der Waals surface area contributed by atoms with Crippen LogP contribution in [0.5, 0.6) is 0 Å². The van der Waals surface area contributed by atoms with Gasteiger partial charge >= 0.3 is 5.97 Å². The van der Waals surface area contributed by atoms with Crippen molar-refractivity contribution in [2.45, 2.75) is 32.6 Å². The standard InChI is InChI=1S/C13H18N2O3/c1-13(2,3)9-4-5-10(15-8-9)12(18)14-7-6-11(16)17/h4-5,8H,6-7H2,1-3H3,(H,14,18)(H,16,17). The highest BCUT2D eigenvalue weighted by Gasteiger charge is 2.15. The minimum absolute atomic E-state index is 0.00862. The second-order valence-corrected chi connectivity index (χ2v) is 5.08. The van der Waals surface area contributed by atoms with Gasteiger partial charge in [0.2, 0.25) is 0 Å². The van der Waals surface area contributed by atoms with Gasteiger partial charge in [-0.2, -0.15) is 0 Å². The Kier molecular flexibility index (Phi) is 4.42. The molecule has 1 aromatic heterocycles. The lowest BCUT2D eigenvalue weighted by Crippen LogP contribution is -2.27.